The van der Waals surface area contributed by atoms with Crippen LogP contribution in [-0.2, 0) is 9.59 Å². The van der Waals surface area contributed by atoms with Gasteiger partial charge < -0.3 is 20.8 Å². The molecule has 0 spiro atoms. The first kappa shape index (κ1) is 17.3. The molecule has 0 aliphatic heterocycles. The Morgan fingerprint density at radius 3 is 2.52 bits per heavy atom. The predicted octanol–water partition coefficient (Wildman–Crippen LogP) is 1.43. The third-order valence-corrected chi connectivity index (χ3v) is 3.87. The van der Waals surface area contributed by atoms with Crippen LogP contribution in [0.5, 0.6) is 0 Å². The molecule has 0 saturated heterocycles. The molecule has 7 nitrogen and oxygen atoms in total. The third-order valence-electron chi connectivity index (χ3n) is 3.87. The first-order valence-electron chi connectivity index (χ1n) is 7.37. The maximum Gasteiger partial charge on any atom is 0.326 e. The van der Waals surface area contributed by atoms with Crippen LogP contribution in [0.2, 0.25) is 0 Å². The summed E-state index contributed by atoms with van der Waals surface area (Å²) >= 11 is 0. The number of carbonyl (C=O) groups is 3. The van der Waals surface area contributed by atoms with E-state index in [1.807, 2.05) is 0 Å². The summed E-state index contributed by atoms with van der Waals surface area (Å²) in [6, 6.07) is -2.04. The Bertz CT molecular complexity index is 386. The molecular weight excluding hydrogens is 276 g/mol. The van der Waals surface area contributed by atoms with Crippen LogP contribution < -0.4 is 10.6 Å². The second kappa shape index (κ2) is 8.49. The van der Waals surface area contributed by atoms with Gasteiger partial charge >= 0.3 is 18.0 Å². The van der Waals surface area contributed by atoms with Crippen LogP contribution in [0.1, 0.15) is 45.4 Å². The summed E-state index contributed by atoms with van der Waals surface area (Å²) in [5, 5.41) is 22.2. The van der Waals surface area contributed by atoms with Gasteiger partial charge in [0.15, 0.2) is 0 Å². The molecule has 1 fully saturated rings. The second-order valence-electron chi connectivity index (χ2n) is 5.82. The van der Waals surface area contributed by atoms with Gasteiger partial charge in [0.25, 0.3) is 0 Å². The molecular formula is C14H24N2O5. The minimum atomic E-state index is -1.41. The van der Waals surface area contributed by atoms with Crippen molar-refractivity contribution in [2.24, 2.45) is 11.8 Å². The number of aliphatic carboxylic acids is 2. The van der Waals surface area contributed by atoms with Crippen molar-refractivity contribution in [2.75, 3.05) is 6.54 Å². The molecule has 0 heterocycles. The summed E-state index contributed by atoms with van der Waals surface area (Å²) in [4.78, 5) is 32.9. The van der Waals surface area contributed by atoms with Crippen molar-refractivity contribution < 1.29 is 24.6 Å². The maximum atomic E-state index is 11.6. The van der Waals surface area contributed by atoms with Crippen LogP contribution >= 0.6 is 0 Å². The molecule has 1 aliphatic carbocycles. The van der Waals surface area contributed by atoms with E-state index in [2.05, 4.69) is 17.6 Å². The number of carbonyl (C=O) groups excluding carboxylic acids is 1. The monoisotopic (exact) mass is 300 g/mol. The van der Waals surface area contributed by atoms with Gasteiger partial charge in [-0.1, -0.05) is 26.2 Å². The molecule has 0 radical (unpaired) electrons. The van der Waals surface area contributed by atoms with E-state index in [1.165, 1.54) is 25.7 Å². The Morgan fingerprint density at radius 2 is 1.95 bits per heavy atom. The van der Waals surface area contributed by atoms with E-state index in [9.17, 15) is 14.4 Å². The van der Waals surface area contributed by atoms with E-state index in [1.54, 1.807) is 0 Å². The lowest BCUT2D eigenvalue weighted by Crippen LogP contribution is -2.47. The van der Waals surface area contributed by atoms with Crippen molar-refractivity contribution in [3.05, 3.63) is 0 Å². The first-order chi connectivity index (χ1) is 9.88. The van der Waals surface area contributed by atoms with Crippen LogP contribution in [0.3, 0.4) is 0 Å². The van der Waals surface area contributed by atoms with Gasteiger partial charge in [0.1, 0.15) is 6.04 Å². The van der Waals surface area contributed by atoms with Crippen LogP contribution in [0.15, 0.2) is 0 Å². The normalized spacial score (nSPS) is 23.1. The molecule has 0 aromatic heterocycles. The zero-order chi connectivity index (χ0) is 15.8. The number of hydrogen-bond acceptors (Lipinski definition) is 3. The highest BCUT2D eigenvalue weighted by Gasteiger charge is 2.23. The van der Waals surface area contributed by atoms with Gasteiger partial charge in [-0.25, -0.2) is 9.59 Å². The fourth-order valence-electron chi connectivity index (χ4n) is 2.80. The Kier molecular flexibility index (Phi) is 6.98. The van der Waals surface area contributed by atoms with E-state index in [-0.39, 0.29) is 0 Å². The number of carboxylic acid groups (broad SMARTS) is 2. The molecule has 1 aliphatic rings. The van der Waals surface area contributed by atoms with E-state index in [0.29, 0.717) is 12.5 Å². The molecule has 1 saturated carbocycles. The van der Waals surface area contributed by atoms with Crippen LogP contribution in [0.4, 0.5) is 4.79 Å². The molecule has 0 aromatic rings. The van der Waals surface area contributed by atoms with Crippen molar-refractivity contribution >= 4 is 18.0 Å². The zero-order valence-electron chi connectivity index (χ0n) is 12.3. The lowest BCUT2D eigenvalue weighted by molar-refractivity contribution is -0.145. The first-order valence-corrected chi connectivity index (χ1v) is 7.37. The minimum absolute atomic E-state index is 0.475. The Balaban J connectivity index is 2.26. The molecule has 2 amide bonds. The molecule has 3 unspecified atom stereocenters. The smallest absolute Gasteiger partial charge is 0.326 e. The van der Waals surface area contributed by atoms with E-state index in [0.717, 1.165) is 12.3 Å². The predicted molar refractivity (Wildman–Crippen MR) is 76.0 cm³/mol. The summed E-state index contributed by atoms with van der Waals surface area (Å²) in [5.41, 5.74) is 0. The summed E-state index contributed by atoms with van der Waals surface area (Å²) < 4.78 is 0. The van der Waals surface area contributed by atoms with Crippen molar-refractivity contribution in [3.8, 4) is 0 Å². The lowest BCUT2D eigenvalue weighted by Gasteiger charge is -2.26. The average Bonchev–Trinajstić information content (AvgIpc) is 2.37. The lowest BCUT2D eigenvalue weighted by atomic mass is 9.81. The van der Waals surface area contributed by atoms with Crippen LogP contribution in [-0.4, -0.2) is 40.8 Å². The number of hydrogen-bond donors (Lipinski definition) is 4. The largest absolute Gasteiger partial charge is 0.481 e. The number of nitrogens with one attached hydrogen (secondary N) is 2. The summed E-state index contributed by atoms with van der Waals surface area (Å²) in [5.74, 6) is -1.29. The maximum absolute atomic E-state index is 11.6. The Hall–Kier alpha value is -1.79. The van der Waals surface area contributed by atoms with Gasteiger partial charge in [0.05, 0.1) is 6.42 Å². The number of urea groups is 1. The highest BCUT2D eigenvalue weighted by Crippen LogP contribution is 2.30. The minimum Gasteiger partial charge on any atom is -0.481 e. The second-order valence-corrected chi connectivity index (χ2v) is 5.82. The van der Waals surface area contributed by atoms with Crippen molar-refractivity contribution in [2.45, 2.75) is 51.5 Å². The molecule has 3 atom stereocenters. The standard InChI is InChI=1S/C14H24N2O5/c1-9-3-2-4-10(7-9)5-6-15-14(21)16-11(13(19)20)8-12(17)18/h9-11H,2-8H2,1H3,(H,17,18)(H,19,20)(H2,15,16,21). The van der Waals surface area contributed by atoms with Gasteiger partial charge in [-0.3, -0.25) is 4.79 Å². The van der Waals surface area contributed by atoms with E-state index in [4.69, 9.17) is 10.2 Å². The van der Waals surface area contributed by atoms with Gasteiger partial charge in [-0.05, 0) is 24.7 Å². The number of rotatable bonds is 7. The van der Waals surface area contributed by atoms with Crippen LogP contribution in [0.25, 0.3) is 0 Å². The SMILES string of the molecule is CC1CCCC(CCNC(=O)NC(CC(=O)O)C(=O)O)C1. The Labute approximate surface area is 124 Å². The van der Waals surface area contributed by atoms with Crippen molar-refractivity contribution in [3.63, 3.8) is 0 Å². The van der Waals surface area contributed by atoms with E-state index >= 15 is 0 Å². The van der Waals surface area contributed by atoms with Crippen molar-refractivity contribution in [1.82, 2.24) is 10.6 Å². The summed E-state index contributed by atoms with van der Waals surface area (Å²) in [7, 11) is 0. The Morgan fingerprint density at radius 1 is 1.24 bits per heavy atom. The van der Waals surface area contributed by atoms with Crippen molar-refractivity contribution in [1.29, 1.82) is 0 Å². The van der Waals surface area contributed by atoms with E-state index < -0.39 is 30.4 Å². The fraction of sp³-hybridized carbons (Fsp3) is 0.786. The molecule has 1 rings (SSSR count). The molecule has 4 N–H and O–H groups in total. The molecule has 120 valence electrons. The summed E-state index contributed by atoms with van der Waals surface area (Å²) in [6.45, 7) is 2.71. The highest BCUT2D eigenvalue weighted by molar-refractivity contribution is 5.86. The topological polar surface area (TPSA) is 116 Å². The van der Waals surface area contributed by atoms with Gasteiger partial charge in [0, 0.05) is 6.54 Å². The van der Waals surface area contributed by atoms with Crippen LogP contribution in [0, 0.1) is 11.8 Å². The van der Waals surface area contributed by atoms with Gasteiger partial charge in [-0.2, -0.15) is 0 Å². The highest BCUT2D eigenvalue weighted by atomic mass is 16.4. The zero-order valence-corrected chi connectivity index (χ0v) is 12.3. The molecule has 7 heteroatoms. The molecule has 0 bridgehead atoms. The fourth-order valence-corrected chi connectivity index (χ4v) is 2.80. The summed E-state index contributed by atoms with van der Waals surface area (Å²) in [6.07, 6.45) is 5.05. The van der Waals surface area contributed by atoms with Gasteiger partial charge in [0.2, 0.25) is 0 Å². The number of carboxylic acids is 2. The molecule has 21 heavy (non-hydrogen) atoms. The third kappa shape index (κ3) is 6.97. The molecule has 0 aromatic carbocycles. The number of amides is 2. The van der Waals surface area contributed by atoms with Gasteiger partial charge in [-0.15, -0.1) is 0 Å². The quantitative estimate of drug-likeness (QED) is 0.567. The average molecular weight is 300 g/mol.